The topological polar surface area (TPSA) is 143 Å². The molecule has 0 aliphatic rings. The van der Waals surface area contributed by atoms with Gasteiger partial charge in [-0.15, -0.1) is 11.3 Å². The van der Waals surface area contributed by atoms with Gasteiger partial charge in [-0.3, -0.25) is 19.4 Å². The van der Waals surface area contributed by atoms with Gasteiger partial charge in [-0.1, -0.05) is 30.0 Å². The van der Waals surface area contributed by atoms with E-state index in [2.05, 4.69) is 25.6 Å². The number of nitrogens with zero attached hydrogens (tertiary/aromatic N) is 2. The molecule has 0 aliphatic heterocycles. The number of nitrogen functional groups attached to an aromatic ring is 1. The van der Waals surface area contributed by atoms with Crippen LogP contribution in [0.5, 0.6) is 0 Å². The predicted octanol–water partition coefficient (Wildman–Crippen LogP) is 1.79. The van der Waals surface area contributed by atoms with E-state index in [4.69, 9.17) is 5.73 Å². The molecule has 3 rings (SSSR count). The second-order valence-corrected chi connectivity index (χ2v) is 6.98. The highest BCUT2D eigenvalue weighted by atomic mass is 32.2. The van der Waals surface area contributed by atoms with Gasteiger partial charge in [0.2, 0.25) is 5.91 Å². The summed E-state index contributed by atoms with van der Waals surface area (Å²) in [5.74, 6) is -0.890. The number of aromatic amines is 1. The van der Waals surface area contributed by atoms with Crippen LogP contribution in [-0.4, -0.2) is 32.5 Å². The van der Waals surface area contributed by atoms with Gasteiger partial charge in [0.1, 0.15) is 5.69 Å². The van der Waals surface area contributed by atoms with Crippen LogP contribution in [0.2, 0.25) is 0 Å². The lowest BCUT2D eigenvalue weighted by Gasteiger charge is -2.08. The van der Waals surface area contributed by atoms with Crippen molar-refractivity contribution in [2.75, 3.05) is 22.1 Å². The molecule has 11 heteroatoms. The molecule has 9 nitrogen and oxygen atoms in total. The van der Waals surface area contributed by atoms with E-state index in [0.717, 1.165) is 11.8 Å². The molecule has 2 aromatic heterocycles. The number of rotatable bonds is 6. The van der Waals surface area contributed by atoms with Crippen LogP contribution < -0.4 is 21.9 Å². The highest BCUT2D eigenvalue weighted by Gasteiger charge is 2.14. The van der Waals surface area contributed by atoms with Crippen molar-refractivity contribution in [3.05, 3.63) is 57.8 Å². The third-order valence-electron chi connectivity index (χ3n) is 3.22. The standard InChI is InChI=1S/C16H14N6O3S2/c17-12-11(20-13(24)9-4-2-1-3-5-9)14(25)22-16(21-12)27-8-10(23)19-15-18-6-7-26-15/h1-7H,8H2,(H,20,24)(H,18,19,23)(H3,17,21,22,25). The van der Waals surface area contributed by atoms with Gasteiger partial charge >= 0.3 is 0 Å². The van der Waals surface area contributed by atoms with Crippen LogP contribution in [0.25, 0.3) is 0 Å². The first kappa shape index (κ1) is 18.6. The predicted molar refractivity (Wildman–Crippen MR) is 105 cm³/mol. The number of carbonyl (C=O) groups excluding carboxylic acids is 2. The van der Waals surface area contributed by atoms with Crippen LogP contribution in [0.15, 0.2) is 51.9 Å². The molecule has 0 radical (unpaired) electrons. The van der Waals surface area contributed by atoms with Crippen LogP contribution in [-0.2, 0) is 4.79 Å². The van der Waals surface area contributed by atoms with Crippen LogP contribution >= 0.6 is 23.1 Å². The zero-order chi connectivity index (χ0) is 19.2. The summed E-state index contributed by atoms with van der Waals surface area (Å²) in [7, 11) is 0. The van der Waals surface area contributed by atoms with Crippen molar-refractivity contribution in [2.24, 2.45) is 0 Å². The average molecular weight is 402 g/mol. The third-order valence-corrected chi connectivity index (χ3v) is 4.78. The molecular formula is C16H14N6O3S2. The molecule has 0 spiro atoms. The van der Waals surface area contributed by atoms with Gasteiger partial charge in [-0.05, 0) is 12.1 Å². The first-order valence-electron chi connectivity index (χ1n) is 7.61. The Morgan fingerprint density at radius 3 is 2.67 bits per heavy atom. The van der Waals surface area contributed by atoms with Crippen molar-refractivity contribution in [2.45, 2.75) is 5.16 Å². The number of amides is 2. The fraction of sp³-hybridized carbons (Fsp3) is 0.0625. The van der Waals surface area contributed by atoms with E-state index in [-0.39, 0.29) is 28.3 Å². The maximum Gasteiger partial charge on any atom is 0.277 e. The van der Waals surface area contributed by atoms with Gasteiger partial charge in [-0.2, -0.15) is 0 Å². The Hall–Kier alpha value is -3.18. The Balaban J connectivity index is 1.65. The number of benzene rings is 1. The van der Waals surface area contributed by atoms with E-state index in [9.17, 15) is 14.4 Å². The van der Waals surface area contributed by atoms with Gasteiger partial charge in [0.05, 0.1) is 5.75 Å². The summed E-state index contributed by atoms with van der Waals surface area (Å²) in [6.07, 6.45) is 1.58. The molecule has 27 heavy (non-hydrogen) atoms. The summed E-state index contributed by atoms with van der Waals surface area (Å²) in [5, 5.41) is 7.47. The molecule has 0 aliphatic carbocycles. The molecule has 0 bridgehead atoms. The molecular weight excluding hydrogens is 388 g/mol. The van der Waals surface area contributed by atoms with Gasteiger partial charge in [0.25, 0.3) is 11.5 Å². The number of hydrogen-bond acceptors (Lipinski definition) is 8. The maximum atomic E-state index is 12.2. The molecule has 5 N–H and O–H groups in total. The molecule has 2 heterocycles. The highest BCUT2D eigenvalue weighted by Crippen LogP contribution is 2.18. The number of thiazole rings is 1. The molecule has 138 valence electrons. The number of hydrogen-bond donors (Lipinski definition) is 4. The molecule has 0 unspecified atom stereocenters. The Bertz CT molecular complexity index is 1000. The lowest BCUT2D eigenvalue weighted by molar-refractivity contribution is -0.113. The first-order valence-corrected chi connectivity index (χ1v) is 9.48. The molecule has 0 fully saturated rings. The van der Waals surface area contributed by atoms with Crippen molar-refractivity contribution in [1.29, 1.82) is 0 Å². The monoisotopic (exact) mass is 402 g/mol. The van der Waals surface area contributed by atoms with E-state index < -0.39 is 11.5 Å². The quantitative estimate of drug-likeness (QED) is 0.363. The normalized spacial score (nSPS) is 10.4. The zero-order valence-corrected chi connectivity index (χ0v) is 15.4. The highest BCUT2D eigenvalue weighted by molar-refractivity contribution is 7.99. The van der Waals surface area contributed by atoms with Crippen LogP contribution in [0, 0.1) is 0 Å². The van der Waals surface area contributed by atoms with Crippen molar-refractivity contribution in [3.63, 3.8) is 0 Å². The first-order chi connectivity index (χ1) is 13.0. The van der Waals surface area contributed by atoms with Crippen molar-refractivity contribution >= 4 is 51.5 Å². The number of aromatic nitrogens is 3. The Kier molecular flexibility index (Phi) is 5.84. The zero-order valence-electron chi connectivity index (χ0n) is 13.8. The second-order valence-electron chi connectivity index (χ2n) is 5.13. The van der Waals surface area contributed by atoms with Crippen LogP contribution in [0.1, 0.15) is 10.4 Å². The summed E-state index contributed by atoms with van der Waals surface area (Å²) in [6.45, 7) is 0. The number of nitrogens with one attached hydrogen (secondary N) is 3. The molecule has 1 aromatic carbocycles. The number of H-pyrrole nitrogens is 1. The van der Waals surface area contributed by atoms with Gasteiger partial charge in [0, 0.05) is 17.1 Å². The Morgan fingerprint density at radius 2 is 2.00 bits per heavy atom. The van der Waals surface area contributed by atoms with Crippen LogP contribution in [0.4, 0.5) is 16.6 Å². The Labute approximate surface area is 161 Å². The number of nitrogens with two attached hydrogens (primary N) is 1. The van der Waals surface area contributed by atoms with E-state index in [1.165, 1.54) is 11.3 Å². The lowest BCUT2D eigenvalue weighted by atomic mass is 10.2. The van der Waals surface area contributed by atoms with Gasteiger partial charge < -0.3 is 16.4 Å². The van der Waals surface area contributed by atoms with E-state index in [0.29, 0.717) is 10.7 Å². The smallest absolute Gasteiger partial charge is 0.277 e. The molecule has 0 saturated heterocycles. The molecule has 0 atom stereocenters. The minimum atomic E-state index is -0.602. The number of carbonyl (C=O) groups is 2. The minimum Gasteiger partial charge on any atom is -0.382 e. The van der Waals surface area contributed by atoms with Crippen molar-refractivity contribution in [3.8, 4) is 0 Å². The number of anilines is 3. The SMILES string of the molecule is Nc1nc(SCC(=O)Nc2nccs2)[nH]c(=O)c1NC(=O)c1ccccc1. The van der Waals surface area contributed by atoms with Gasteiger partial charge in [-0.25, -0.2) is 9.97 Å². The molecule has 0 saturated carbocycles. The number of thioether (sulfide) groups is 1. The molecule has 3 aromatic rings. The van der Waals surface area contributed by atoms with Crippen molar-refractivity contribution in [1.82, 2.24) is 15.0 Å². The largest absolute Gasteiger partial charge is 0.382 e. The lowest BCUT2D eigenvalue weighted by Crippen LogP contribution is -2.23. The second kappa shape index (κ2) is 8.47. The summed E-state index contributed by atoms with van der Waals surface area (Å²) in [6, 6.07) is 8.40. The summed E-state index contributed by atoms with van der Waals surface area (Å²) in [5.41, 5.74) is 5.44. The van der Waals surface area contributed by atoms with Crippen molar-refractivity contribution < 1.29 is 9.59 Å². The maximum absolute atomic E-state index is 12.2. The fourth-order valence-electron chi connectivity index (χ4n) is 2.01. The summed E-state index contributed by atoms with van der Waals surface area (Å²) < 4.78 is 0. The van der Waals surface area contributed by atoms with E-state index in [1.807, 2.05) is 0 Å². The minimum absolute atomic E-state index is 0.0116. The fourth-order valence-corrected chi connectivity index (χ4v) is 3.22. The summed E-state index contributed by atoms with van der Waals surface area (Å²) in [4.78, 5) is 46.7. The van der Waals surface area contributed by atoms with E-state index >= 15 is 0 Å². The summed E-state index contributed by atoms with van der Waals surface area (Å²) >= 11 is 2.31. The van der Waals surface area contributed by atoms with E-state index in [1.54, 1.807) is 41.9 Å². The van der Waals surface area contributed by atoms with Crippen LogP contribution in [0.3, 0.4) is 0 Å². The average Bonchev–Trinajstić information content (AvgIpc) is 3.16. The molecule has 2 amide bonds. The Morgan fingerprint density at radius 1 is 1.22 bits per heavy atom. The van der Waals surface area contributed by atoms with Gasteiger partial charge in [0.15, 0.2) is 16.1 Å². The third kappa shape index (κ3) is 4.92.